The fourth-order valence-corrected chi connectivity index (χ4v) is 4.93. The van der Waals surface area contributed by atoms with Crippen LogP contribution in [0.3, 0.4) is 0 Å². The van der Waals surface area contributed by atoms with Gasteiger partial charge in [0, 0.05) is 6.61 Å². The lowest BCUT2D eigenvalue weighted by Crippen LogP contribution is -2.32. The first-order chi connectivity index (χ1) is 8.26. The molecule has 0 heterocycles. The Bertz CT molecular complexity index is 338. The van der Waals surface area contributed by atoms with E-state index in [9.17, 15) is 9.90 Å². The fraction of sp³-hybridized carbons (Fsp3) is 0.786. The largest absolute Gasteiger partial charge is 0.435 e. The molecule has 0 aromatic carbocycles. The second kappa shape index (κ2) is 4.13. The van der Waals surface area contributed by atoms with E-state index in [0.717, 1.165) is 12.8 Å². The van der Waals surface area contributed by atoms with Gasteiger partial charge in [-0.2, -0.15) is 0 Å². The van der Waals surface area contributed by atoms with Crippen molar-refractivity contribution in [3.8, 4) is 0 Å². The number of carbonyl (C=O) groups is 1. The van der Waals surface area contributed by atoms with Crippen molar-refractivity contribution in [2.24, 2.45) is 35.5 Å². The molecule has 0 saturated heterocycles. The van der Waals surface area contributed by atoms with E-state index < -0.39 is 0 Å². The van der Waals surface area contributed by atoms with E-state index in [0.29, 0.717) is 36.2 Å². The van der Waals surface area contributed by atoms with Crippen molar-refractivity contribution in [1.29, 1.82) is 0 Å². The highest BCUT2D eigenvalue weighted by Crippen LogP contribution is 2.62. The third-order valence-corrected chi connectivity index (χ3v) is 5.39. The van der Waals surface area contributed by atoms with E-state index in [1.807, 2.05) is 0 Å². The summed E-state index contributed by atoms with van der Waals surface area (Å²) in [6, 6.07) is 0. The Hall–Kier alpha value is -0.830. The molecule has 3 fully saturated rings. The topological polar surface area (TPSA) is 46.5 Å². The van der Waals surface area contributed by atoms with Gasteiger partial charge in [0.15, 0.2) is 0 Å². The molecule has 3 nitrogen and oxygen atoms in total. The Morgan fingerprint density at radius 1 is 1.35 bits per heavy atom. The minimum absolute atomic E-state index is 0.0848. The highest BCUT2D eigenvalue weighted by Gasteiger charge is 2.58. The van der Waals surface area contributed by atoms with Gasteiger partial charge in [0.1, 0.15) is 0 Å². The number of esters is 1. The maximum atomic E-state index is 11.8. The van der Waals surface area contributed by atoms with Gasteiger partial charge < -0.3 is 9.84 Å². The number of aliphatic hydroxyl groups excluding tert-OH is 1. The molecule has 0 aromatic rings. The zero-order valence-corrected chi connectivity index (χ0v) is 10.0. The normalized spacial score (nSPS) is 46.9. The summed E-state index contributed by atoms with van der Waals surface area (Å²) >= 11 is 0. The molecular weight excluding hydrogens is 216 g/mol. The molecule has 3 aliphatic rings. The third-order valence-electron chi connectivity index (χ3n) is 5.39. The van der Waals surface area contributed by atoms with Crippen LogP contribution in [0.4, 0.5) is 0 Å². The van der Waals surface area contributed by atoms with E-state index in [-0.39, 0.29) is 11.9 Å². The summed E-state index contributed by atoms with van der Waals surface area (Å²) in [4.78, 5) is 11.8. The molecular formula is C14H20O3. The van der Waals surface area contributed by atoms with E-state index >= 15 is 0 Å². The molecule has 0 amide bonds. The van der Waals surface area contributed by atoms with Gasteiger partial charge in [-0.3, -0.25) is 4.79 Å². The molecule has 6 unspecified atom stereocenters. The Morgan fingerprint density at radius 2 is 2.18 bits per heavy atom. The maximum Gasteiger partial charge on any atom is 0.314 e. The van der Waals surface area contributed by atoms with Gasteiger partial charge in [-0.05, 0) is 55.3 Å². The number of rotatable bonds is 3. The lowest BCUT2D eigenvalue weighted by molar-refractivity contribution is -0.145. The lowest BCUT2D eigenvalue weighted by Gasteiger charge is -2.32. The molecule has 3 rings (SSSR count). The van der Waals surface area contributed by atoms with Gasteiger partial charge in [0.2, 0.25) is 0 Å². The molecule has 94 valence electrons. The monoisotopic (exact) mass is 236 g/mol. The summed E-state index contributed by atoms with van der Waals surface area (Å²) in [5, 5.41) is 9.40. The second-order valence-electron chi connectivity index (χ2n) is 5.87. The highest BCUT2D eigenvalue weighted by molar-refractivity contribution is 5.74. The zero-order chi connectivity index (χ0) is 12.0. The van der Waals surface area contributed by atoms with Gasteiger partial charge in [-0.15, -0.1) is 0 Å². The smallest absolute Gasteiger partial charge is 0.314 e. The third kappa shape index (κ3) is 1.55. The number of ether oxygens (including phenoxy) is 1. The van der Waals surface area contributed by atoms with Crippen LogP contribution in [-0.4, -0.2) is 17.7 Å². The van der Waals surface area contributed by atoms with E-state index in [2.05, 4.69) is 6.58 Å². The molecule has 17 heavy (non-hydrogen) atoms. The summed E-state index contributed by atoms with van der Waals surface area (Å²) in [5.74, 6) is 2.99. The van der Waals surface area contributed by atoms with Crippen LogP contribution in [0.1, 0.15) is 25.7 Å². The second-order valence-corrected chi connectivity index (χ2v) is 5.87. The molecule has 3 heteroatoms. The summed E-state index contributed by atoms with van der Waals surface area (Å²) in [7, 11) is 0. The van der Waals surface area contributed by atoms with Crippen molar-refractivity contribution >= 4 is 5.97 Å². The van der Waals surface area contributed by atoms with Gasteiger partial charge >= 0.3 is 5.97 Å². The Morgan fingerprint density at radius 3 is 2.88 bits per heavy atom. The van der Waals surface area contributed by atoms with Crippen LogP contribution in [0.25, 0.3) is 0 Å². The van der Waals surface area contributed by atoms with Crippen molar-refractivity contribution in [1.82, 2.24) is 0 Å². The van der Waals surface area contributed by atoms with Crippen LogP contribution in [0.15, 0.2) is 12.8 Å². The Kier molecular flexibility index (Phi) is 2.74. The van der Waals surface area contributed by atoms with E-state index in [1.54, 1.807) is 0 Å². The Balaban J connectivity index is 1.74. The van der Waals surface area contributed by atoms with Crippen molar-refractivity contribution in [2.45, 2.75) is 25.7 Å². The first kappa shape index (κ1) is 11.3. The summed E-state index contributed by atoms with van der Waals surface area (Å²) in [6.07, 6.45) is 5.71. The number of hydrogen-bond donors (Lipinski definition) is 1. The summed E-state index contributed by atoms with van der Waals surface area (Å²) in [5.41, 5.74) is 0. The molecule has 0 aliphatic heterocycles. The minimum Gasteiger partial charge on any atom is -0.435 e. The number of carbonyl (C=O) groups excluding carboxylic acids is 1. The van der Waals surface area contributed by atoms with Gasteiger partial charge in [-0.25, -0.2) is 0 Å². The molecule has 0 aromatic heterocycles. The van der Waals surface area contributed by atoms with Crippen LogP contribution >= 0.6 is 0 Å². The quantitative estimate of drug-likeness (QED) is 0.602. The first-order valence-corrected chi connectivity index (χ1v) is 6.68. The molecule has 6 atom stereocenters. The first-order valence-electron chi connectivity index (χ1n) is 6.68. The van der Waals surface area contributed by atoms with Crippen molar-refractivity contribution in [2.75, 3.05) is 6.61 Å². The zero-order valence-electron chi connectivity index (χ0n) is 10.0. The van der Waals surface area contributed by atoms with Crippen molar-refractivity contribution < 1.29 is 14.6 Å². The molecule has 1 N–H and O–H groups in total. The van der Waals surface area contributed by atoms with Gasteiger partial charge in [0.05, 0.1) is 12.2 Å². The number of aliphatic hydroxyl groups is 1. The SMILES string of the molecule is C=COC(=O)C1CC2CC1C1CCC(CO)C21. The van der Waals surface area contributed by atoms with Crippen LogP contribution in [-0.2, 0) is 9.53 Å². The predicted molar refractivity (Wildman–Crippen MR) is 62.8 cm³/mol. The molecule has 3 saturated carbocycles. The van der Waals surface area contributed by atoms with E-state index in [4.69, 9.17) is 4.74 Å². The predicted octanol–water partition coefficient (Wildman–Crippen LogP) is 1.96. The maximum absolute atomic E-state index is 11.8. The van der Waals surface area contributed by atoms with Crippen LogP contribution in [0, 0.1) is 35.5 Å². The van der Waals surface area contributed by atoms with Gasteiger partial charge in [-0.1, -0.05) is 6.58 Å². The highest BCUT2D eigenvalue weighted by atomic mass is 16.5. The number of hydrogen-bond acceptors (Lipinski definition) is 3. The summed E-state index contributed by atoms with van der Waals surface area (Å²) in [6.45, 7) is 3.78. The molecule has 0 spiro atoms. The molecule has 3 aliphatic carbocycles. The average Bonchev–Trinajstić information content (AvgIpc) is 3.00. The van der Waals surface area contributed by atoms with E-state index in [1.165, 1.54) is 19.1 Å². The van der Waals surface area contributed by atoms with Crippen LogP contribution in [0.5, 0.6) is 0 Å². The number of fused-ring (bicyclic) bond motifs is 5. The Labute approximate surface area is 102 Å². The van der Waals surface area contributed by atoms with Crippen molar-refractivity contribution in [3.63, 3.8) is 0 Å². The van der Waals surface area contributed by atoms with Crippen molar-refractivity contribution in [3.05, 3.63) is 12.8 Å². The van der Waals surface area contributed by atoms with Crippen LogP contribution < -0.4 is 0 Å². The molecule has 0 radical (unpaired) electrons. The lowest BCUT2D eigenvalue weighted by atomic mass is 9.73. The average molecular weight is 236 g/mol. The fourth-order valence-electron chi connectivity index (χ4n) is 4.93. The molecule has 2 bridgehead atoms. The minimum atomic E-state index is -0.0848. The summed E-state index contributed by atoms with van der Waals surface area (Å²) < 4.78 is 4.96. The van der Waals surface area contributed by atoms with Crippen LogP contribution in [0.2, 0.25) is 0 Å². The van der Waals surface area contributed by atoms with Gasteiger partial charge in [0.25, 0.3) is 0 Å². The standard InChI is InChI=1S/C14H20O3/c1-2-17-14(16)12-6-9-5-11(12)10-4-3-8(7-15)13(9)10/h2,8-13,15H,1,3-7H2.